The number of imidazole rings is 1. The van der Waals surface area contributed by atoms with Gasteiger partial charge in [0.05, 0.1) is 17.4 Å². The molecule has 0 radical (unpaired) electrons. The second kappa shape index (κ2) is 7.51. The van der Waals surface area contributed by atoms with Crippen molar-refractivity contribution in [2.45, 2.75) is 51.6 Å². The second-order valence-electron chi connectivity index (χ2n) is 10.4. The van der Waals surface area contributed by atoms with Crippen LogP contribution in [0.15, 0.2) is 30.7 Å². The average Bonchev–Trinajstić information content (AvgIpc) is 3.15. The van der Waals surface area contributed by atoms with E-state index in [1.807, 2.05) is 12.4 Å². The van der Waals surface area contributed by atoms with Gasteiger partial charge < -0.3 is 18.9 Å². The smallest absolute Gasteiger partial charge is 0.231 e. The van der Waals surface area contributed by atoms with Crippen LogP contribution in [0.1, 0.15) is 56.3 Å². The molecule has 4 aliphatic rings. The molecule has 1 aromatic heterocycles. The summed E-state index contributed by atoms with van der Waals surface area (Å²) in [6.07, 6.45) is 7.56. The molecule has 3 fully saturated rings. The molecule has 1 aromatic carbocycles. The summed E-state index contributed by atoms with van der Waals surface area (Å²) in [5.41, 5.74) is 1.90. The highest BCUT2D eigenvalue weighted by atomic mass is 16.7. The molecule has 0 unspecified atom stereocenters. The number of amides is 1. The lowest BCUT2D eigenvalue weighted by Gasteiger charge is -2.28. The lowest BCUT2D eigenvalue weighted by molar-refractivity contribution is -0.136. The van der Waals surface area contributed by atoms with Gasteiger partial charge in [0, 0.05) is 50.9 Å². The standard InChI is InChI=1S/C25H32N4O3/c1-17(2)29-13-21(26-15-29)20-12-27(10-19-5-6-22-23(9-19)32-16-31-22)14-25(20)7-8-28(24(25)30)11-18-3-4-18/h5-6,9,13,15,17-18,20H,3-4,7-8,10-12,14,16H2,1-2H3/t20-,25+/m0/s1. The van der Waals surface area contributed by atoms with Gasteiger partial charge in [-0.05, 0) is 56.7 Å². The number of nitrogens with zero attached hydrogens (tertiary/aromatic N) is 4. The van der Waals surface area contributed by atoms with Crippen molar-refractivity contribution in [2.24, 2.45) is 11.3 Å². The van der Waals surface area contributed by atoms with Crippen LogP contribution in [0.5, 0.6) is 11.5 Å². The zero-order chi connectivity index (χ0) is 21.9. The van der Waals surface area contributed by atoms with Crippen molar-refractivity contribution in [2.75, 3.05) is 33.0 Å². The van der Waals surface area contributed by atoms with Gasteiger partial charge in [-0.1, -0.05) is 6.07 Å². The third-order valence-corrected chi connectivity index (χ3v) is 7.75. The number of hydrogen-bond acceptors (Lipinski definition) is 5. The SMILES string of the molecule is CC(C)n1cnc([C@@H]2CN(Cc3ccc4c(c3)OCO4)C[C@]23CCN(CC2CC2)C3=O)c1. The van der Waals surface area contributed by atoms with Crippen molar-refractivity contribution >= 4 is 5.91 Å². The molecule has 4 heterocycles. The van der Waals surface area contributed by atoms with Crippen molar-refractivity contribution in [1.29, 1.82) is 0 Å². The molecule has 2 atom stereocenters. The number of likely N-dealkylation sites (tertiary alicyclic amines) is 2. The average molecular weight is 437 g/mol. The van der Waals surface area contributed by atoms with E-state index in [9.17, 15) is 4.79 Å². The lowest BCUT2D eigenvalue weighted by Crippen LogP contribution is -2.40. The van der Waals surface area contributed by atoms with E-state index in [4.69, 9.17) is 14.5 Å². The summed E-state index contributed by atoms with van der Waals surface area (Å²) in [6.45, 7) is 8.89. The number of carbonyl (C=O) groups excluding carboxylic acids is 1. The number of carbonyl (C=O) groups is 1. The van der Waals surface area contributed by atoms with Crippen LogP contribution in [-0.4, -0.2) is 58.2 Å². The zero-order valence-corrected chi connectivity index (χ0v) is 19.0. The minimum absolute atomic E-state index is 0.133. The number of fused-ring (bicyclic) bond motifs is 1. The fourth-order valence-corrected chi connectivity index (χ4v) is 5.73. The number of ether oxygens (including phenoxy) is 2. The van der Waals surface area contributed by atoms with E-state index in [2.05, 4.69) is 46.5 Å². The van der Waals surface area contributed by atoms with Gasteiger partial charge in [0.15, 0.2) is 11.5 Å². The quantitative estimate of drug-likeness (QED) is 0.695. The van der Waals surface area contributed by atoms with Gasteiger partial charge in [0.1, 0.15) is 0 Å². The molecule has 7 heteroatoms. The predicted octanol–water partition coefficient (Wildman–Crippen LogP) is 3.42. The van der Waals surface area contributed by atoms with E-state index in [0.29, 0.717) is 11.9 Å². The largest absolute Gasteiger partial charge is 0.454 e. The first kappa shape index (κ1) is 20.1. The Labute approximate surface area is 189 Å². The number of hydrogen-bond donors (Lipinski definition) is 0. The Kier molecular flexibility index (Phi) is 4.72. The third-order valence-electron chi connectivity index (χ3n) is 7.75. The molecule has 2 saturated heterocycles. The maximum atomic E-state index is 13.8. The summed E-state index contributed by atoms with van der Waals surface area (Å²) in [5, 5.41) is 0. The Morgan fingerprint density at radius 3 is 2.84 bits per heavy atom. The predicted molar refractivity (Wildman–Crippen MR) is 120 cm³/mol. The van der Waals surface area contributed by atoms with Crippen molar-refractivity contribution in [3.8, 4) is 11.5 Å². The monoisotopic (exact) mass is 436 g/mol. The molecule has 3 aliphatic heterocycles. The van der Waals surface area contributed by atoms with Gasteiger partial charge in [-0.3, -0.25) is 9.69 Å². The second-order valence-corrected chi connectivity index (χ2v) is 10.4. The van der Waals surface area contributed by atoms with Gasteiger partial charge in [0.2, 0.25) is 12.7 Å². The Bertz CT molecular complexity index is 1030. The molecule has 170 valence electrons. The van der Waals surface area contributed by atoms with Crippen LogP contribution in [-0.2, 0) is 11.3 Å². The Balaban J connectivity index is 1.28. The van der Waals surface area contributed by atoms with E-state index in [1.165, 1.54) is 18.4 Å². The summed E-state index contributed by atoms with van der Waals surface area (Å²) in [6, 6.07) is 6.54. The van der Waals surface area contributed by atoms with Crippen molar-refractivity contribution in [3.63, 3.8) is 0 Å². The van der Waals surface area contributed by atoms with Crippen LogP contribution >= 0.6 is 0 Å². The highest BCUT2D eigenvalue weighted by Gasteiger charge is 2.58. The van der Waals surface area contributed by atoms with E-state index in [1.54, 1.807) is 0 Å². The Morgan fingerprint density at radius 2 is 2.06 bits per heavy atom. The van der Waals surface area contributed by atoms with Gasteiger partial charge in [-0.15, -0.1) is 0 Å². The number of rotatable bonds is 6. The van der Waals surface area contributed by atoms with E-state index in [0.717, 1.165) is 62.3 Å². The van der Waals surface area contributed by atoms with Gasteiger partial charge in [-0.2, -0.15) is 0 Å². The Hall–Kier alpha value is -2.54. The minimum Gasteiger partial charge on any atom is -0.454 e. The topological polar surface area (TPSA) is 59.8 Å². The van der Waals surface area contributed by atoms with Gasteiger partial charge in [-0.25, -0.2) is 4.98 Å². The van der Waals surface area contributed by atoms with Crippen molar-refractivity contribution in [1.82, 2.24) is 19.4 Å². The molecule has 6 rings (SSSR count). The van der Waals surface area contributed by atoms with Crippen LogP contribution in [0, 0.1) is 11.3 Å². The molecule has 1 aliphatic carbocycles. The highest BCUT2D eigenvalue weighted by Crippen LogP contribution is 2.50. The molecule has 0 N–H and O–H groups in total. The van der Waals surface area contributed by atoms with Crippen LogP contribution in [0.3, 0.4) is 0 Å². The zero-order valence-electron chi connectivity index (χ0n) is 19.0. The molecule has 1 spiro atoms. The van der Waals surface area contributed by atoms with Gasteiger partial charge >= 0.3 is 0 Å². The summed E-state index contributed by atoms with van der Waals surface area (Å²) in [5.74, 6) is 2.83. The molecule has 32 heavy (non-hydrogen) atoms. The fourth-order valence-electron chi connectivity index (χ4n) is 5.73. The molecule has 1 saturated carbocycles. The molecular formula is C25H32N4O3. The maximum absolute atomic E-state index is 13.8. The third kappa shape index (κ3) is 3.38. The fraction of sp³-hybridized carbons (Fsp3) is 0.600. The van der Waals surface area contributed by atoms with Crippen LogP contribution in [0.2, 0.25) is 0 Å². The first-order valence-corrected chi connectivity index (χ1v) is 12.0. The first-order chi connectivity index (χ1) is 15.5. The van der Waals surface area contributed by atoms with Crippen LogP contribution < -0.4 is 9.47 Å². The van der Waals surface area contributed by atoms with Gasteiger partial charge in [0.25, 0.3) is 0 Å². The van der Waals surface area contributed by atoms with E-state index in [-0.39, 0.29) is 18.1 Å². The number of aromatic nitrogens is 2. The van der Waals surface area contributed by atoms with Crippen LogP contribution in [0.4, 0.5) is 0 Å². The molecule has 7 nitrogen and oxygen atoms in total. The highest BCUT2D eigenvalue weighted by molar-refractivity contribution is 5.87. The molecule has 2 aromatic rings. The summed E-state index contributed by atoms with van der Waals surface area (Å²) < 4.78 is 13.2. The normalized spacial score (nSPS) is 27.4. The molecular weight excluding hydrogens is 404 g/mol. The number of benzene rings is 1. The maximum Gasteiger partial charge on any atom is 0.231 e. The van der Waals surface area contributed by atoms with Crippen molar-refractivity contribution < 1.29 is 14.3 Å². The first-order valence-electron chi connectivity index (χ1n) is 12.0. The molecule has 1 amide bonds. The Morgan fingerprint density at radius 1 is 1.22 bits per heavy atom. The van der Waals surface area contributed by atoms with E-state index >= 15 is 0 Å². The van der Waals surface area contributed by atoms with E-state index < -0.39 is 0 Å². The summed E-state index contributed by atoms with van der Waals surface area (Å²) in [4.78, 5) is 23.2. The lowest BCUT2D eigenvalue weighted by atomic mass is 9.75. The van der Waals surface area contributed by atoms with Crippen LogP contribution in [0.25, 0.3) is 0 Å². The van der Waals surface area contributed by atoms with Crippen molar-refractivity contribution in [3.05, 3.63) is 42.0 Å². The minimum atomic E-state index is -0.360. The summed E-state index contributed by atoms with van der Waals surface area (Å²) >= 11 is 0. The summed E-state index contributed by atoms with van der Waals surface area (Å²) in [7, 11) is 0. The molecule has 0 bridgehead atoms.